The number of rotatable bonds is 4. The van der Waals surface area contributed by atoms with Gasteiger partial charge in [-0.3, -0.25) is 0 Å². The zero-order valence-corrected chi connectivity index (χ0v) is 12.5. The molecule has 0 heterocycles. The molecule has 0 radical (unpaired) electrons. The molecule has 1 atom stereocenters. The SMILES string of the molecule is CC(CC#N)N(C)S(=O)(=O)c1ccc(N)c(Br)c1. The van der Waals surface area contributed by atoms with E-state index in [2.05, 4.69) is 15.9 Å². The van der Waals surface area contributed by atoms with E-state index < -0.39 is 10.0 Å². The molecule has 0 amide bonds. The zero-order chi connectivity index (χ0) is 13.9. The van der Waals surface area contributed by atoms with Crippen molar-refractivity contribution >= 4 is 31.6 Å². The van der Waals surface area contributed by atoms with Crippen LogP contribution in [0.25, 0.3) is 0 Å². The van der Waals surface area contributed by atoms with Crippen molar-refractivity contribution in [3.63, 3.8) is 0 Å². The third-order valence-electron chi connectivity index (χ3n) is 2.66. The third-order valence-corrected chi connectivity index (χ3v) is 5.31. The maximum atomic E-state index is 12.3. The van der Waals surface area contributed by atoms with E-state index in [1.807, 2.05) is 6.07 Å². The van der Waals surface area contributed by atoms with Crippen LogP contribution < -0.4 is 5.73 Å². The molecule has 1 aromatic carbocycles. The van der Waals surface area contributed by atoms with E-state index in [1.165, 1.54) is 29.6 Å². The van der Waals surface area contributed by atoms with E-state index >= 15 is 0 Å². The lowest BCUT2D eigenvalue weighted by Gasteiger charge is -2.22. The summed E-state index contributed by atoms with van der Waals surface area (Å²) in [5.41, 5.74) is 6.09. The standard InChI is InChI=1S/C11H14BrN3O2S/c1-8(5-6-13)15(2)18(16,17)9-3-4-11(14)10(12)7-9/h3-4,7-8H,5,14H2,1-2H3. The van der Waals surface area contributed by atoms with Gasteiger partial charge in [-0.2, -0.15) is 9.57 Å². The van der Waals surface area contributed by atoms with Gasteiger partial charge in [-0.1, -0.05) is 0 Å². The van der Waals surface area contributed by atoms with Gasteiger partial charge < -0.3 is 5.73 Å². The minimum Gasteiger partial charge on any atom is -0.398 e. The average Bonchev–Trinajstić information content (AvgIpc) is 2.31. The average molecular weight is 332 g/mol. The van der Waals surface area contributed by atoms with Crippen molar-refractivity contribution in [2.45, 2.75) is 24.3 Å². The van der Waals surface area contributed by atoms with Gasteiger partial charge in [0, 0.05) is 23.2 Å². The molecular formula is C11H14BrN3O2S. The van der Waals surface area contributed by atoms with E-state index in [-0.39, 0.29) is 17.4 Å². The Bertz CT molecular complexity index is 580. The van der Waals surface area contributed by atoms with Gasteiger partial charge >= 0.3 is 0 Å². The summed E-state index contributed by atoms with van der Waals surface area (Å²) >= 11 is 3.20. The number of anilines is 1. The molecule has 0 aliphatic heterocycles. The number of nitrogens with two attached hydrogens (primary N) is 1. The van der Waals surface area contributed by atoms with E-state index in [1.54, 1.807) is 6.92 Å². The fraction of sp³-hybridized carbons (Fsp3) is 0.364. The van der Waals surface area contributed by atoms with E-state index in [0.29, 0.717) is 10.2 Å². The highest BCUT2D eigenvalue weighted by molar-refractivity contribution is 9.10. The number of nitrogens with zero attached hydrogens (tertiary/aromatic N) is 2. The maximum absolute atomic E-state index is 12.3. The number of hydrogen-bond acceptors (Lipinski definition) is 4. The van der Waals surface area contributed by atoms with Crippen LogP contribution in [0.5, 0.6) is 0 Å². The minimum atomic E-state index is -3.60. The van der Waals surface area contributed by atoms with Crippen LogP contribution in [0.3, 0.4) is 0 Å². The second kappa shape index (κ2) is 5.69. The molecule has 2 N–H and O–H groups in total. The summed E-state index contributed by atoms with van der Waals surface area (Å²) < 4.78 is 26.3. The lowest BCUT2D eigenvalue weighted by molar-refractivity contribution is 0.393. The highest BCUT2D eigenvalue weighted by Gasteiger charge is 2.25. The summed E-state index contributed by atoms with van der Waals surface area (Å²) in [6, 6.07) is 6.01. The number of sulfonamides is 1. The van der Waals surface area contributed by atoms with Gasteiger partial charge in [-0.25, -0.2) is 8.42 Å². The van der Waals surface area contributed by atoms with Gasteiger partial charge in [0.05, 0.1) is 17.4 Å². The molecule has 0 aromatic heterocycles. The van der Waals surface area contributed by atoms with Gasteiger partial charge in [-0.05, 0) is 41.1 Å². The first-order valence-corrected chi connectivity index (χ1v) is 7.44. The molecule has 0 bridgehead atoms. The van der Waals surface area contributed by atoms with Crippen molar-refractivity contribution in [2.75, 3.05) is 12.8 Å². The summed E-state index contributed by atoms with van der Waals surface area (Å²) in [7, 11) is -2.14. The Labute approximate surface area is 115 Å². The molecule has 1 unspecified atom stereocenters. The predicted octanol–water partition coefficient (Wildman–Crippen LogP) is 1.95. The molecule has 1 rings (SSSR count). The fourth-order valence-electron chi connectivity index (χ4n) is 1.33. The number of benzene rings is 1. The molecule has 0 saturated heterocycles. The molecule has 5 nitrogen and oxygen atoms in total. The van der Waals surface area contributed by atoms with Crippen molar-refractivity contribution in [3.8, 4) is 6.07 Å². The molecule has 7 heteroatoms. The van der Waals surface area contributed by atoms with Crippen LogP contribution in [0.2, 0.25) is 0 Å². The van der Waals surface area contributed by atoms with Crippen molar-refractivity contribution in [1.29, 1.82) is 5.26 Å². The largest absolute Gasteiger partial charge is 0.398 e. The summed E-state index contributed by atoms with van der Waals surface area (Å²) in [5, 5.41) is 8.61. The maximum Gasteiger partial charge on any atom is 0.243 e. The molecule has 1 aromatic rings. The number of nitrogen functional groups attached to an aromatic ring is 1. The summed E-state index contributed by atoms with van der Waals surface area (Å²) in [6.45, 7) is 1.69. The van der Waals surface area contributed by atoms with Crippen molar-refractivity contribution in [2.24, 2.45) is 0 Å². The minimum absolute atomic E-state index is 0.145. The lowest BCUT2D eigenvalue weighted by Crippen LogP contribution is -2.34. The third kappa shape index (κ3) is 3.02. The van der Waals surface area contributed by atoms with Crippen molar-refractivity contribution in [3.05, 3.63) is 22.7 Å². The Hall–Kier alpha value is -1.10. The molecule has 0 spiro atoms. The van der Waals surface area contributed by atoms with Crippen LogP contribution in [0.1, 0.15) is 13.3 Å². The number of nitriles is 1. The van der Waals surface area contributed by atoms with Crippen LogP contribution in [0.15, 0.2) is 27.6 Å². The zero-order valence-electron chi connectivity index (χ0n) is 10.1. The normalized spacial score (nSPS) is 13.3. The number of hydrogen-bond donors (Lipinski definition) is 1. The quantitative estimate of drug-likeness (QED) is 0.854. The molecule has 0 fully saturated rings. The van der Waals surface area contributed by atoms with E-state index in [0.717, 1.165) is 0 Å². The van der Waals surface area contributed by atoms with E-state index in [4.69, 9.17) is 11.0 Å². The highest BCUT2D eigenvalue weighted by Crippen LogP contribution is 2.25. The Kier molecular flexibility index (Phi) is 4.73. The van der Waals surface area contributed by atoms with Gasteiger partial charge in [0.1, 0.15) is 0 Å². The summed E-state index contributed by atoms with van der Waals surface area (Å²) in [5.74, 6) is 0. The monoisotopic (exact) mass is 331 g/mol. The lowest BCUT2D eigenvalue weighted by atomic mass is 10.3. The Balaban J connectivity index is 3.14. The van der Waals surface area contributed by atoms with Gasteiger partial charge in [-0.15, -0.1) is 0 Å². The van der Waals surface area contributed by atoms with Crippen LogP contribution in [-0.2, 0) is 10.0 Å². The first kappa shape index (κ1) is 15.0. The number of halogens is 1. The molecule has 0 aliphatic rings. The summed E-state index contributed by atoms with van der Waals surface area (Å²) in [6.07, 6.45) is 0.145. The van der Waals surface area contributed by atoms with Crippen LogP contribution >= 0.6 is 15.9 Å². The van der Waals surface area contributed by atoms with Crippen molar-refractivity contribution < 1.29 is 8.42 Å². The predicted molar refractivity (Wildman–Crippen MR) is 73.2 cm³/mol. The van der Waals surface area contributed by atoms with Gasteiger partial charge in [0.2, 0.25) is 10.0 Å². The molecule has 18 heavy (non-hydrogen) atoms. The molecule has 0 saturated carbocycles. The second-order valence-corrected chi connectivity index (χ2v) is 6.77. The first-order valence-electron chi connectivity index (χ1n) is 5.20. The summed E-state index contributed by atoms with van der Waals surface area (Å²) in [4.78, 5) is 0.149. The topological polar surface area (TPSA) is 87.2 Å². The second-order valence-electron chi connectivity index (χ2n) is 3.92. The molecular weight excluding hydrogens is 318 g/mol. The van der Waals surface area contributed by atoms with Crippen molar-refractivity contribution in [1.82, 2.24) is 4.31 Å². The van der Waals surface area contributed by atoms with E-state index in [9.17, 15) is 8.42 Å². The Morgan fingerprint density at radius 3 is 2.67 bits per heavy atom. The fourth-order valence-corrected chi connectivity index (χ4v) is 3.25. The Morgan fingerprint density at radius 1 is 1.56 bits per heavy atom. The van der Waals surface area contributed by atoms with Crippen LogP contribution in [0.4, 0.5) is 5.69 Å². The molecule has 98 valence electrons. The smallest absolute Gasteiger partial charge is 0.243 e. The highest BCUT2D eigenvalue weighted by atomic mass is 79.9. The Morgan fingerprint density at radius 2 is 2.17 bits per heavy atom. The van der Waals surface area contributed by atoms with Gasteiger partial charge in [0.15, 0.2) is 0 Å². The molecule has 0 aliphatic carbocycles. The first-order chi connectivity index (χ1) is 8.30. The van der Waals surface area contributed by atoms with Crippen LogP contribution in [0, 0.1) is 11.3 Å². The van der Waals surface area contributed by atoms with Crippen LogP contribution in [-0.4, -0.2) is 25.8 Å². The van der Waals surface area contributed by atoms with Gasteiger partial charge in [0.25, 0.3) is 0 Å².